The molecule has 1 aliphatic heterocycles. The van der Waals surface area contributed by atoms with E-state index in [1.54, 1.807) is 0 Å². The van der Waals surface area contributed by atoms with Crippen LogP contribution in [0.2, 0.25) is 0 Å². The standard InChI is InChI=1S/C28H34N4O2/c1-20(2)30(17-21-10-4-3-5-11-21)27(34)19-32-25-15-9-8-14-24(25)29-28(32)22-16-26(33)31(18-22)23-12-6-7-13-23/h3-5,8-11,14-15,20,22-23H,6-7,12-13,16-19H2,1-2H3. The number of carbonyl (C=O) groups is 2. The Morgan fingerprint density at radius 3 is 2.50 bits per heavy atom. The fourth-order valence-corrected chi connectivity index (χ4v) is 5.61. The Bertz CT molecular complexity index is 1160. The fourth-order valence-electron chi connectivity index (χ4n) is 5.61. The van der Waals surface area contributed by atoms with E-state index >= 15 is 0 Å². The van der Waals surface area contributed by atoms with Gasteiger partial charge in [-0.2, -0.15) is 0 Å². The van der Waals surface area contributed by atoms with Crippen molar-refractivity contribution >= 4 is 22.8 Å². The summed E-state index contributed by atoms with van der Waals surface area (Å²) in [4.78, 5) is 35.5. The molecule has 34 heavy (non-hydrogen) atoms. The molecule has 0 N–H and O–H groups in total. The molecule has 2 fully saturated rings. The minimum atomic E-state index is 0.0231. The lowest BCUT2D eigenvalue weighted by molar-refractivity contribution is -0.134. The zero-order valence-electron chi connectivity index (χ0n) is 20.2. The van der Waals surface area contributed by atoms with Crippen molar-refractivity contribution in [1.82, 2.24) is 19.4 Å². The number of likely N-dealkylation sites (tertiary alicyclic amines) is 1. The molecule has 1 atom stereocenters. The van der Waals surface area contributed by atoms with Crippen LogP contribution in [0.1, 0.15) is 63.3 Å². The Hall–Kier alpha value is -3.15. The molecule has 6 nitrogen and oxygen atoms in total. The van der Waals surface area contributed by atoms with Crippen LogP contribution in [-0.4, -0.2) is 49.8 Å². The summed E-state index contributed by atoms with van der Waals surface area (Å²) in [7, 11) is 0. The summed E-state index contributed by atoms with van der Waals surface area (Å²) in [6.45, 7) is 5.64. The predicted octanol–water partition coefficient (Wildman–Crippen LogP) is 4.73. The van der Waals surface area contributed by atoms with Gasteiger partial charge in [0, 0.05) is 37.5 Å². The van der Waals surface area contributed by atoms with Crippen LogP contribution < -0.4 is 0 Å². The van der Waals surface area contributed by atoms with Gasteiger partial charge < -0.3 is 14.4 Å². The van der Waals surface area contributed by atoms with Crippen molar-refractivity contribution in [2.75, 3.05) is 6.54 Å². The second kappa shape index (κ2) is 9.61. The molecule has 178 valence electrons. The van der Waals surface area contributed by atoms with Gasteiger partial charge in [0.1, 0.15) is 12.4 Å². The normalized spacial score (nSPS) is 19.0. The molecule has 1 aromatic heterocycles. The number of benzene rings is 2. The van der Waals surface area contributed by atoms with E-state index in [2.05, 4.69) is 35.4 Å². The monoisotopic (exact) mass is 458 g/mol. The molecule has 2 heterocycles. The fraction of sp³-hybridized carbons (Fsp3) is 0.464. The molecule has 1 aliphatic carbocycles. The maximum absolute atomic E-state index is 13.6. The van der Waals surface area contributed by atoms with Crippen molar-refractivity contribution < 1.29 is 9.59 Å². The van der Waals surface area contributed by atoms with Gasteiger partial charge in [-0.15, -0.1) is 0 Å². The van der Waals surface area contributed by atoms with E-state index in [1.165, 1.54) is 12.8 Å². The molecule has 3 aromatic rings. The summed E-state index contributed by atoms with van der Waals surface area (Å²) in [5.74, 6) is 1.19. The molecule has 1 unspecified atom stereocenters. The molecule has 2 amide bonds. The van der Waals surface area contributed by atoms with Crippen LogP contribution in [0.3, 0.4) is 0 Å². The number of hydrogen-bond acceptors (Lipinski definition) is 3. The molecule has 0 radical (unpaired) electrons. The lowest BCUT2D eigenvalue weighted by Crippen LogP contribution is -2.39. The first kappa shape index (κ1) is 22.6. The number of aromatic nitrogens is 2. The molecule has 1 saturated carbocycles. The van der Waals surface area contributed by atoms with Gasteiger partial charge in [-0.25, -0.2) is 4.98 Å². The van der Waals surface area contributed by atoms with Crippen LogP contribution in [0.25, 0.3) is 11.0 Å². The first-order valence-electron chi connectivity index (χ1n) is 12.6. The van der Waals surface area contributed by atoms with Crippen LogP contribution >= 0.6 is 0 Å². The smallest absolute Gasteiger partial charge is 0.243 e. The average molecular weight is 459 g/mol. The first-order chi connectivity index (χ1) is 16.5. The van der Waals surface area contributed by atoms with Crippen LogP contribution in [-0.2, 0) is 22.7 Å². The summed E-state index contributed by atoms with van der Waals surface area (Å²) < 4.78 is 2.06. The van der Waals surface area contributed by atoms with Gasteiger partial charge in [0.05, 0.1) is 11.0 Å². The molecule has 1 saturated heterocycles. The Morgan fingerprint density at radius 2 is 1.76 bits per heavy atom. The Kier molecular flexibility index (Phi) is 6.40. The number of nitrogens with zero attached hydrogens (tertiary/aromatic N) is 4. The van der Waals surface area contributed by atoms with Crippen molar-refractivity contribution in [3.05, 3.63) is 66.0 Å². The zero-order valence-corrected chi connectivity index (χ0v) is 20.2. The van der Waals surface area contributed by atoms with E-state index in [9.17, 15) is 9.59 Å². The highest BCUT2D eigenvalue weighted by Gasteiger charge is 2.38. The molecule has 2 aromatic carbocycles. The van der Waals surface area contributed by atoms with Gasteiger partial charge in [0.2, 0.25) is 11.8 Å². The lowest BCUT2D eigenvalue weighted by atomic mass is 10.1. The quantitative estimate of drug-likeness (QED) is 0.514. The second-order valence-corrected chi connectivity index (χ2v) is 10.0. The molecule has 0 spiro atoms. The van der Waals surface area contributed by atoms with E-state index in [0.717, 1.165) is 35.3 Å². The highest BCUT2D eigenvalue weighted by Crippen LogP contribution is 2.35. The summed E-state index contributed by atoms with van der Waals surface area (Å²) in [5, 5.41) is 0. The second-order valence-electron chi connectivity index (χ2n) is 10.0. The van der Waals surface area contributed by atoms with Crippen LogP contribution in [0.15, 0.2) is 54.6 Å². The number of imidazole rings is 1. The van der Waals surface area contributed by atoms with Crippen molar-refractivity contribution in [2.24, 2.45) is 0 Å². The van der Waals surface area contributed by atoms with Crippen LogP contribution in [0.5, 0.6) is 0 Å². The van der Waals surface area contributed by atoms with Crippen molar-refractivity contribution in [3.8, 4) is 0 Å². The SMILES string of the molecule is CC(C)N(Cc1ccccc1)C(=O)Cn1c(C2CC(=O)N(C3CCCC3)C2)nc2ccccc21. The minimum absolute atomic E-state index is 0.0231. The minimum Gasteiger partial charge on any atom is -0.339 e. The Morgan fingerprint density at radius 1 is 1.06 bits per heavy atom. The van der Waals surface area contributed by atoms with E-state index < -0.39 is 0 Å². The van der Waals surface area contributed by atoms with Crippen LogP contribution in [0.4, 0.5) is 0 Å². The maximum atomic E-state index is 13.6. The largest absolute Gasteiger partial charge is 0.339 e. The highest BCUT2D eigenvalue weighted by atomic mass is 16.2. The molecule has 2 aliphatic rings. The number of fused-ring (bicyclic) bond motifs is 1. The van der Waals surface area contributed by atoms with E-state index in [-0.39, 0.29) is 30.3 Å². The molecular formula is C28H34N4O2. The van der Waals surface area contributed by atoms with Gasteiger partial charge in [0.15, 0.2) is 0 Å². The third-order valence-electron chi connectivity index (χ3n) is 7.41. The third-order valence-corrected chi connectivity index (χ3v) is 7.41. The summed E-state index contributed by atoms with van der Waals surface area (Å²) in [6.07, 6.45) is 5.11. The number of rotatable bonds is 7. The van der Waals surface area contributed by atoms with Gasteiger partial charge in [0.25, 0.3) is 0 Å². The molecular weight excluding hydrogens is 424 g/mol. The van der Waals surface area contributed by atoms with Crippen molar-refractivity contribution in [2.45, 2.75) is 77.0 Å². The summed E-state index contributed by atoms with van der Waals surface area (Å²) in [6, 6.07) is 18.6. The number of para-hydroxylation sites is 2. The van der Waals surface area contributed by atoms with Crippen molar-refractivity contribution in [3.63, 3.8) is 0 Å². The number of carbonyl (C=O) groups excluding carboxylic acids is 2. The Balaban J connectivity index is 1.43. The van der Waals surface area contributed by atoms with Gasteiger partial charge >= 0.3 is 0 Å². The zero-order chi connectivity index (χ0) is 23.7. The van der Waals surface area contributed by atoms with Crippen molar-refractivity contribution in [1.29, 1.82) is 0 Å². The maximum Gasteiger partial charge on any atom is 0.243 e. The molecule has 6 heteroatoms. The van der Waals surface area contributed by atoms with E-state index in [0.29, 0.717) is 25.6 Å². The van der Waals surface area contributed by atoms with Crippen LogP contribution in [0, 0.1) is 0 Å². The highest BCUT2D eigenvalue weighted by molar-refractivity contribution is 5.83. The third kappa shape index (κ3) is 4.46. The first-order valence-corrected chi connectivity index (χ1v) is 12.6. The van der Waals surface area contributed by atoms with Gasteiger partial charge in [-0.05, 0) is 44.4 Å². The van der Waals surface area contributed by atoms with E-state index in [4.69, 9.17) is 4.98 Å². The van der Waals surface area contributed by atoms with Gasteiger partial charge in [-0.1, -0.05) is 55.3 Å². The number of hydrogen-bond donors (Lipinski definition) is 0. The molecule has 0 bridgehead atoms. The average Bonchev–Trinajstić information content (AvgIpc) is 3.57. The predicted molar refractivity (Wildman–Crippen MR) is 133 cm³/mol. The summed E-state index contributed by atoms with van der Waals surface area (Å²) in [5.41, 5.74) is 2.96. The topological polar surface area (TPSA) is 58.4 Å². The number of amides is 2. The Labute approximate surface area is 201 Å². The molecule has 5 rings (SSSR count). The lowest BCUT2D eigenvalue weighted by Gasteiger charge is -2.28. The van der Waals surface area contributed by atoms with Gasteiger partial charge in [-0.3, -0.25) is 9.59 Å². The van der Waals surface area contributed by atoms with E-state index in [1.807, 2.05) is 47.4 Å². The summed E-state index contributed by atoms with van der Waals surface area (Å²) >= 11 is 0.